The number of benzene rings is 2. The van der Waals surface area contributed by atoms with Crippen LogP contribution in [0.15, 0.2) is 77.4 Å². The molecule has 0 unspecified atom stereocenters. The number of aromatic amines is 1. The van der Waals surface area contributed by atoms with Crippen molar-refractivity contribution in [1.29, 1.82) is 0 Å². The van der Waals surface area contributed by atoms with Crippen LogP contribution in [-0.4, -0.2) is 21.1 Å². The molecule has 0 fully saturated rings. The molecule has 1 amide bonds. The van der Waals surface area contributed by atoms with Gasteiger partial charge in [-0.25, -0.2) is 4.98 Å². The van der Waals surface area contributed by atoms with Crippen molar-refractivity contribution in [3.8, 4) is 11.3 Å². The molecule has 0 aliphatic carbocycles. The van der Waals surface area contributed by atoms with Crippen molar-refractivity contribution in [1.82, 2.24) is 20.5 Å². The van der Waals surface area contributed by atoms with Crippen molar-refractivity contribution in [2.45, 2.75) is 6.54 Å². The van der Waals surface area contributed by atoms with Crippen LogP contribution in [0, 0.1) is 0 Å². The molecule has 0 saturated heterocycles. The van der Waals surface area contributed by atoms with Crippen LogP contribution in [0.25, 0.3) is 33.1 Å². The lowest BCUT2D eigenvalue weighted by Crippen LogP contribution is -2.23. The first kappa shape index (κ1) is 16.3. The lowest BCUT2D eigenvalue weighted by atomic mass is 10.0. The Labute approximate surface area is 160 Å². The Hall–Kier alpha value is -3.93. The average molecular weight is 368 g/mol. The normalized spacial score (nSPS) is 11.1. The highest BCUT2D eigenvalue weighted by Gasteiger charge is 2.14. The van der Waals surface area contributed by atoms with Crippen molar-refractivity contribution in [2.24, 2.45) is 0 Å². The molecule has 0 aliphatic rings. The minimum absolute atomic E-state index is 0.260. The summed E-state index contributed by atoms with van der Waals surface area (Å²) in [6, 6.07) is 21.4. The van der Waals surface area contributed by atoms with E-state index >= 15 is 0 Å². The smallest absolute Gasteiger partial charge is 0.270 e. The predicted molar refractivity (Wildman–Crippen MR) is 107 cm³/mol. The van der Waals surface area contributed by atoms with Crippen LogP contribution in [0.4, 0.5) is 0 Å². The lowest BCUT2D eigenvalue weighted by molar-refractivity contribution is 0.0943. The van der Waals surface area contributed by atoms with Gasteiger partial charge >= 0.3 is 0 Å². The summed E-state index contributed by atoms with van der Waals surface area (Å²) in [4.78, 5) is 17.0. The van der Waals surface area contributed by atoms with Crippen LogP contribution in [0.2, 0.25) is 0 Å². The summed E-state index contributed by atoms with van der Waals surface area (Å²) in [6.07, 6.45) is 1.58. The van der Waals surface area contributed by atoms with E-state index < -0.39 is 0 Å². The van der Waals surface area contributed by atoms with Crippen LogP contribution < -0.4 is 5.32 Å². The number of carbonyl (C=O) groups excluding carboxylic acids is 1. The van der Waals surface area contributed by atoms with Crippen LogP contribution in [0.1, 0.15) is 16.2 Å². The number of nitrogens with one attached hydrogen (secondary N) is 2. The number of fused-ring (bicyclic) bond motifs is 2. The number of carbonyl (C=O) groups is 1. The molecular formula is C22H16N4O2. The first-order chi connectivity index (χ1) is 13.8. The van der Waals surface area contributed by atoms with Gasteiger partial charge in [0.1, 0.15) is 22.7 Å². The third-order valence-corrected chi connectivity index (χ3v) is 4.67. The molecule has 3 heterocycles. The SMILES string of the molecule is O=C(NCc1ccco1)c1ccc2[nH]nc(-c3ccc4ccccc4c3)c2n1. The summed E-state index contributed by atoms with van der Waals surface area (Å²) >= 11 is 0. The van der Waals surface area contributed by atoms with E-state index in [0.29, 0.717) is 23.5 Å². The van der Waals surface area contributed by atoms with E-state index in [-0.39, 0.29) is 5.91 Å². The number of H-pyrrole nitrogens is 1. The molecule has 0 bridgehead atoms. The zero-order valence-electron chi connectivity index (χ0n) is 14.8. The van der Waals surface area contributed by atoms with E-state index in [9.17, 15) is 4.79 Å². The van der Waals surface area contributed by atoms with E-state index in [1.54, 1.807) is 18.4 Å². The maximum Gasteiger partial charge on any atom is 0.270 e. The third-order valence-electron chi connectivity index (χ3n) is 4.67. The van der Waals surface area contributed by atoms with Crippen molar-refractivity contribution in [2.75, 3.05) is 0 Å². The van der Waals surface area contributed by atoms with Gasteiger partial charge in [0.2, 0.25) is 0 Å². The number of hydrogen-bond acceptors (Lipinski definition) is 4. The molecule has 136 valence electrons. The molecule has 5 rings (SSSR count). The van der Waals surface area contributed by atoms with Gasteiger partial charge in [0.15, 0.2) is 0 Å². The van der Waals surface area contributed by atoms with Crippen molar-refractivity contribution >= 4 is 27.7 Å². The zero-order valence-corrected chi connectivity index (χ0v) is 14.8. The van der Waals surface area contributed by atoms with E-state index in [1.807, 2.05) is 30.3 Å². The third kappa shape index (κ3) is 2.91. The Morgan fingerprint density at radius 1 is 1.00 bits per heavy atom. The van der Waals surface area contributed by atoms with Gasteiger partial charge in [-0.05, 0) is 41.1 Å². The monoisotopic (exact) mass is 368 g/mol. The summed E-state index contributed by atoms with van der Waals surface area (Å²) in [5, 5.41) is 12.5. The molecule has 0 spiro atoms. The molecule has 3 aromatic heterocycles. The zero-order chi connectivity index (χ0) is 18.9. The van der Waals surface area contributed by atoms with Crippen LogP contribution in [-0.2, 0) is 6.54 Å². The van der Waals surface area contributed by atoms with Crippen molar-refractivity contribution < 1.29 is 9.21 Å². The van der Waals surface area contributed by atoms with Gasteiger partial charge in [-0.2, -0.15) is 5.10 Å². The second kappa shape index (κ2) is 6.66. The molecule has 0 atom stereocenters. The first-order valence-electron chi connectivity index (χ1n) is 8.93. The second-order valence-corrected chi connectivity index (χ2v) is 6.49. The minimum atomic E-state index is -0.260. The van der Waals surface area contributed by atoms with E-state index in [2.05, 4.69) is 44.8 Å². The first-order valence-corrected chi connectivity index (χ1v) is 8.93. The molecule has 0 saturated carbocycles. The van der Waals surface area contributed by atoms with Gasteiger partial charge in [-0.3, -0.25) is 9.89 Å². The molecule has 6 nitrogen and oxygen atoms in total. The minimum Gasteiger partial charge on any atom is -0.467 e. The summed E-state index contributed by atoms with van der Waals surface area (Å²) < 4.78 is 5.24. The predicted octanol–water partition coefficient (Wildman–Crippen LogP) is 4.30. The number of pyridine rings is 1. The molecule has 28 heavy (non-hydrogen) atoms. The van der Waals surface area contributed by atoms with Gasteiger partial charge < -0.3 is 9.73 Å². The molecule has 5 aromatic rings. The standard InChI is InChI=1S/C22H16N4O2/c27-22(23-13-17-6-3-11-28-17)19-10-9-18-21(24-19)20(26-25-18)16-8-7-14-4-1-2-5-15(14)12-16/h1-12H,13H2,(H,23,27)(H,25,26). The number of amides is 1. The van der Waals surface area contributed by atoms with E-state index in [0.717, 1.165) is 27.5 Å². The number of hydrogen-bond donors (Lipinski definition) is 2. The van der Waals surface area contributed by atoms with E-state index in [1.165, 1.54) is 0 Å². The maximum atomic E-state index is 12.5. The largest absolute Gasteiger partial charge is 0.467 e. The number of rotatable bonds is 4. The lowest BCUT2D eigenvalue weighted by Gasteiger charge is -2.04. The molecular weight excluding hydrogens is 352 g/mol. The Morgan fingerprint density at radius 3 is 2.75 bits per heavy atom. The summed E-state index contributed by atoms with van der Waals surface area (Å²) in [5.41, 5.74) is 3.46. The number of aromatic nitrogens is 3. The van der Waals surface area contributed by atoms with Gasteiger partial charge in [0.05, 0.1) is 18.3 Å². The van der Waals surface area contributed by atoms with Gasteiger partial charge in [0, 0.05) is 5.56 Å². The Kier molecular flexibility index (Phi) is 3.87. The Bertz CT molecular complexity index is 1290. The average Bonchev–Trinajstić information content (AvgIpc) is 3.41. The molecule has 2 N–H and O–H groups in total. The second-order valence-electron chi connectivity index (χ2n) is 6.49. The highest BCUT2D eigenvalue weighted by Crippen LogP contribution is 2.28. The summed E-state index contributed by atoms with van der Waals surface area (Å²) in [6.45, 7) is 0.314. The quantitative estimate of drug-likeness (QED) is 0.495. The van der Waals surface area contributed by atoms with Crippen LogP contribution >= 0.6 is 0 Å². The molecule has 2 aromatic carbocycles. The van der Waals surface area contributed by atoms with Crippen LogP contribution in [0.5, 0.6) is 0 Å². The fourth-order valence-electron chi connectivity index (χ4n) is 3.23. The fourth-order valence-corrected chi connectivity index (χ4v) is 3.23. The maximum absolute atomic E-state index is 12.5. The number of nitrogens with zero attached hydrogens (tertiary/aromatic N) is 2. The van der Waals surface area contributed by atoms with Crippen molar-refractivity contribution in [3.63, 3.8) is 0 Å². The van der Waals surface area contributed by atoms with Gasteiger partial charge in [-0.15, -0.1) is 0 Å². The van der Waals surface area contributed by atoms with E-state index in [4.69, 9.17) is 4.42 Å². The Balaban J connectivity index is 1.49. The number of furan rings is 1. The fraction of sp³-hybridized carbons (Fsp3) is 0.0455. The highest BCUT2D eigenvalue weighted by atomic mass is 16.3. The van der Waals surface area contributed by atoms with Crippen molar-refractivity contribution in [3.05, 3.63) is 84.4 Å². The van der Waals surface area contributed by atoms with Crippen LogP contribution in [0.3, 0.4) is 0 Å². The Morgan fingerprint density at radius 2 is 1.89 bits per heavy atom. The summed E-state index contributed by atoms with van der Waals surface area (Å²) in [7, 11) is 0. The topological polar surface area (TPSA) is 83.8 Å². The van der Waals surface area contributed by atoms with Gasteiger partial charge in [0.25, 0.3) is 5.91 Å². The highest BCUT2D eigenvalue weighted by molar-refractivity contribution is 5.98. The molecule has 6 heteroatoms. The summed E-state index contributed by atoms with van der Waals surface area (Å²) in [5.74, 6) is 0.429. The molecule has 0 radical (unpaired) electrons. The van der Waals surface area contributed by atoms with Gasteiger partial charge in [-0.1, -0.05) is 36.4 Å². The molecule has 0 aliphatic heterocycles.